The zero-order chi connectivity index (χ0) is 19.1. The van der Waals surface area contributed by atoms with Gasteiger partial charge in [0, 0.05) is 17.6 Å². The maximum atomic E-state index is 13.0. The first-order valence-corrected chi connectivity index (χ1v) is 9.13. The minimum absolute atomic E-state index is 0.0105. The molecule has 0 unspecified atom stereocenters. The molecule has 4 nitrogen and oxygen atoms in total. The van der Waals surface area contributed by atoms with Gasteiger partial charge in [0.1, 0.15) is 6.04 Å². The van der Waals surface area contributed by atoms with E-state index in [0.29, 0.717) is 5.02 Å². The van der Waals surface area contributed by atoms with Gasteiger partial charge in [-0.05, 0) is 38.0 Å². The summed E-state index contributed by atoms with van der Waals surface area (Å²) in [5, 5.41) is 3.46. The number of carbonyl (C=O) groups excluding carboxylic acids is 2. The second-order valence-electron chi connectivity index (χ2n) is 6.61. The van der Waals surface area contributed by atoms with E-state index in [9.17, 15) is 9.59 Å². The molecular formula is C21H25ClN2O2. The van der Waals surface area contributed by atoms with Gasteiger partial charge in [-0.1, -0.05) is 60.1 Å². The molecule has 0 aromatic heterocycles. The predicted octanol–water partition coefficient (Wildman–Crippen LogP) is 3.82. The van der Waals surface area contributed by atoms with Crippen molar-refractivity contribution in [1.82, 2.24) is 10.2 Å². The van der Waals surface area contributed by atoms with Crippen molar-refractivity contribution in [1.29, 1.82) is 0 Å². The number of rotatable bonds is 7. The van der Waals surface area contributed by atoms with Crippen LogP contribution >= 0.6 is 11.6 Å². The number of amides is 2. The lowest BCUT2D eigenvalue weighted by molar-refractivity contribution is -0.140. The van der Waals surface area contributed by atoms with E-state index in [4.69, 9.17) is 11.6 Å². The molecule has 0 spiro atoms. The van der Waals surface area contributed by atoms with Gasteiger partial charge in [0.2, 0.25) is 11.8 Å². The molecule has 5 heteroatoms. The third kappa shape index (κ3) is 5.60. The summed E-state index contributed by atoms with van der Waals surface area (Å²) in [4.78, 5) is 27.0. The molecule has 26 heavy (non-hydrogen) atoms. The van der Waals surface area contributed by atoms with Crippen LogP contribution in [0.15, 0.2) is 54.6 Å². The van der Waals surface area contributed by atoms with Crippen molar-refractivity contribution in [2.45, 2.75) is 45.8 Å². The van der Waals surface area contributed by atoms with E-state index in [1.807, 2.05) is 62.4 Å². The van der Waals surface area contributed by atoms with Gasteiger partial charge in [0.05, 0.1) is 6.42 Å². The van der Waals surface area contributed by atoms with Gasteiger partial charge in [-0.15, -0.1) is 0 Å². The fourth-order valence-corrected chi connectivity index (χ4v) is 2.87. The average molecular weight is 373 g/mol. The van der Waals surface area contributed by atoms with E-state index < -0.39 is 6.04 Å². The molecule has 1 atom stereocenters. The van der Waals surface area contributed by atoms with E-state index in [-0.39, 0.29) is 30.8 Å². The van der Waals surface area contributed by atoms with E-state index in [1.54, 1.807) is 17.9 Å². The van der Waals surface area contributed by atoms with Crippen molar-refractivity contribution in [2.24, 2.45) is 0 Å². The largest absolute Gasteiger partial charge is 0.352 e. The summed E-state index contributed by atoms with van der Waals surface area (Å²) in [6.45, 7) is 5.83. The molecular weight excluding hydrogens is 348 g/mol. The Morgan fingerprint density at radius 1 is 1.00 bits per heavy atom. The Kier molecular flexibility index (Phi) is 7.22. The summed E-state index contributed by atoms with van der Waals surface area (Å²) in [5.41, 5.74) is 1.73. The highest BCUT2D eigenvalue weighted by atomic mass is 35.5. The molecule has 2 amide bonds. The monoisotopic (exact) mass is 372 g/mol. The molecule has 0 bridgehead atoms. The summed E-state index contributed by atoms with van der Waals surface area (Å²) < 4.78 is 0. The minimum Gasteiger partial charge on any atom is -0.352 e. The van der Waals surface area contributed by atoms with E-state index in [0.717, 1.165) is 11.1 Å². The molecule has 2 rings (SSSR count). The Morgan fingerprint density at radius 3 is 2.23 bits per heavy atom. The van der Waals surface area contributed by atoms with Gasteiger partial charge < -0.3 is 10.2 Å². The predicted molar refractivity (Wildman–Crippen MR) is 105 cm³/mol. The van der Waals surface area contributed by atoms with Crippen LogP contribution in [0, 0.1) is 0 Å². The van der Waals surface area contributed by atoms with Crippen molar-refractivity contribution in [3.63, 3.8) is 0 Å². The van der Waals surface area contributed by atoms with Crippen molar-refractivity contribution in [2.75, 3.05) is 0 Å². The van der Waals surface area contributed by atoms with Gasteiger partial charge in [-0.2, -0.15) is 0 Å². The number of hydrogen-bond acceptors (Lipinski definition) is 2. The van der Waals surface area contributed by atoms with Crippen LogP contribution in [-0.4, -0.2) is 28.8 Å². The van der Waals surface area contributed by atoms with Crippen LogP contribution in [0.25, 0.3) is 0 Å². The molecule has 0 saturated heterocycles. The van der Waals surface area contributed by atoms with Gasteiger partial charge >= 0.3 is 0 Å². The van der Waals surface area contributed by atoms with Crippen LogP contribution in [0.4, 0.5) is 0 Å². The highest BCUT2D eigenvalue weighted by Crippen LogP contribution is 2.19. The van der Waals surface area contributed by atoms with E-state index >= 15 is 0 Å². The maximum absolute atomic E-state index is 13.0. The molecule has 0 aliphatic carbocycles. The van der Waals surface area contributed by atoms with Crippen molar-refractivity contribution < 1.29 is 9.59 Å². The van der Waals surface area contributed by atoms with E-state index in [1.165, 1.54) is 0 Å². The molecule has 0 saturated carbocycles. The highest BCUT2D eigenvalue weighted by molar-refractivity contribution is 6.31. The summed E-state index contributed by atoms with van der Waals surface area (Å²) >= 11 is 6.26. The quantitative estimate of drug-likeness (QED) is 0.803. The summed E-state index contributed by atoms with van der Waals surface area (Å²) in [7, 11) is 0. The van der Waals surface area contributed by atoms with Gasteiger partial charge in [0.15, 0.2) is 0 Å². The van der Waals surface area contributed by atoms with Gasteiger partial charge in [-0.3, -0.25) is 9.59 Å². The fourth-order valence-electron chi connectivity index (χ4n) is 2.67. The summed E-state index contributed by atoms with van der Waals surface area (Å²) in [6.07, 6.45) is 0.241. The Balaban J connectivity index is 2.23. The van der Waals surface area contributed by atoms with Crippen LogP contribution < -0.4 is 5.32 Å². The molecule has 0 fully saturated rings. The first-order valence-electron chi connectivity index (χ1n) is 8.75. The highest BCUT2D eigenvalue weighted by Gasteiger charge is 2.27. The van der Waals surface area contributed by atoms with Crippen molar-refractivity contribution in [3.8, 4) is 0 Å². The van der Waals surface area contributed by atoms with Crippen molar-refractivity contribution in [3.05, 3.63) is 70.7 Å². The molecule has 2 aromatic rings. The van der Waals surface area contributed by atoms with Crippen LogP contribution in [0.2, 0.25) is 5.02 Å². The van der Waals surface area contributed by atoms with Crippen LogP contribution in [0.5, 0.6) is 0 Å². The Bertz CT molecular complexity index is 747. The molecule has 0 aliphatic heterocycles. The minimum atomic E-state index is -0.593. The lowest BCUT2D eigenvalue weighted by atomic mass is 10.1. The Hall–Kier alpha value is -2.33. The zero-order valence-electron chi connectivity index (χ0n) is 15.4. The summed E-state index contributed by atoms with van der Waals surface area (Å²) in [6, 6.07) is 16.3. The second kappa shape index (κ2) is 9.39. The topological polar surface area (TPSA) is 49.4 Å². The first-order chi connectivity index (χ1) is 12.4. The fraction of sp³-hybridized carbons (Fsp3) is 0.333. The number of nitrogens with zero attached hydrogens (tertiary/aromatic N) is 1. The van der Waals surface area contributed by atoms with Crippen LogP contribution in [0.1, 0.15) is 31.9 Å². The standard InChI is InChI=1S/C21H25ClN2O2/c1-15(2)23-21(26)16(3)24(14-18-11-7-8-12-19(18)22)20(25)13-17-9-5-4-6-10-17/h4-12,15-16H,13-14H2,1-3H3,(H,23,26)/t16-/m0/s1. The third-order valence-electron chi connectivity index (χ3n) is 4.09. The lowest BCUT2D eigenvalue weighted by Crippen LogP contribution is -2.49. The lowest BCUT2D eigenvalue weighted by Gasteiger charge is -2.29. The van der Waals surface area contributed by atoms with Crippen LogP contribution in [0.3, 0.4) is 0 Å². The Morgan fingerprint density at radius 2 is 1.62 bits per heavy atom. The number of benzene rings is 2. The van der Waals surface area contributed by atoms with E-state index in [2.05, 4.69) is 5.32 Å². The SMILES string of the molecule is CC(C)NC(=O)[C@H](C)N(Cc1ccccc1Cl)C(=O)Cc1ccccc1. The molecule has 0 aliphatic rings. The normalized spacial score (nSPS) is 11.9. The van der Waals surface area contributed by atoms with Crippen LogP contribution in [-0.2, 0) is 22.6 Å². The number of halogens is 1. The molecule has 2 aromatic carbocycles. The van der Waals surface area contributed by atoms with Crippen molar-refractivity contribution >= 4 is 23.4 Å². The number of carbonyl (C=O) groups is 2. The molecule has 0 radical (unpaired) electrons. The summed E-state index contributed by atoms with van der Waals surface area (Å²) in [5.74, 6) is -0.281. The number of nitrogens with one attached hydrogen (secondary N) is 1. The smallest absolute Gasteiger partial charge is 0.242 e. The maximum Gasteiger partial charge on any atom is 0.242 e. The average Bonchev–Trinajstić information content (AvgIpc) is 2.60. The Labute approximate surface area is 160 Å². The first kappa shape index (κ1) is 20.0. The van der Waals surface area contributed by atoms with Gasteiger partial charge in [-0.25, -0.2) is 0 Å². The molecule has 138 valence electrons. The molecule has 0 heterocycles. The third-order valence-corrected chi connectivity index (χ3v) is 4.46. The number of hydrogen-bond donors (Lipinski definition) is 1. The zero-order valence-corrected chi connectivity index (χ0v) is 16.2. The van der Waals surface area contributed by atoms with Gasteiger partial charge in [0.25, 0.3) is 0 Å². The second-order valence-corrected chi connectivity index (χ2v) is 7.02. The molecule has 1 N–H and O–H groups in total.